The maximum atomic E-state index is 6.01. The van der Waals surface area contributed by atoms with Crippen LogP contribution >= 0.6 is 12.4 Å². The number of hydrogen-bond donors (Lipinski definition) is 2. The van der Waals surface area contributed by atoms with E-state index >= 15 is 0 Å². The van der Waals surface area contributed by atoms with Gasteiger partial charge < -0.3 is 16.4 Å². The third-order valence-electron chi connectivity index (χ3n) is 3.57. The van der Waals surface area contributed by atoms with Crippen molar-refractivity contribution in [3.05, 3.63) is 35.4 Å². The maximum absolute atomic E-state index is 6.01. The van der Waals surface area contributed by atoms with Crippen LogP contribution in [0.25, 0.3) is 0 Å². The number of aryl methyl sites for hydroxylation is 1. The molecule has 0 saturated carbocycles. The first kappa shape index (κ1) is 16.3. The summed E-state index contributed by atoms with van der Waals surface area (Å²) in [7, 11) is 0. The van der Waals surface area contributed by atoms with Crippen molar-refractivity contribution in [1.82, 2.24) is 4.90 Å². The Bertz CT molecular complexity index is 523. The Labute approximate surface area is 126 Å². The molecule has 0 saturated heterocycles. The van der Waals surface area contributed by atoms with Crippen molar-refractivity contribution < 1.29 is 0 Å². The quantitative estimate of drug-likeness (QED) is 0.895. The fraction of sp³-hybridized carbons (Fsp3) is 0.429. The zero-order valence-electron chi connectivity index (χ0n) is 12.1. The summed E-state index contributed by atoms with van der Waals surface area (Å²) in [5.41, 5.74) is 13.7. The lowest BCUT2D eigenvalue weighted by Gasteiger charge is -2.40. The minimum Gasteiger partial charge on any atom is -0.369 e. The molecule has 0 amide bonds. The van der Waals surface area contributed by atoms with E-state index in [1.54, 1.807) is 0 Å². The van der Waals surface area contributed by atoms with E-state index in [-0.39, 0.29) is 18.4 Å². The standard InChI is InChI=1S/C14H21N5.ClH/c1-4-14(3)18-12(15)17-13(16)19(14)9-11-7-5-10(2)6-8-11;/h5-8H,4,9H2,1-3H3,(H4,15,16,17,18);1H. The second-order valence-corrected chi connectivity index (χ2v) is 5.08. The molecule has 0 spiro atoms. The molecule has 2 rings (SSSR count). The molecule has 6 heteroatoms. The Kier molecular flexibility index (Phi) is 5.00. The second kappa shape index (κ2) is 6.13. The van der Waals surface area contributed by atoms with E-state index in [1.165, 1.54) is 11.1 Å². The topological polar surface area (TPSA) is 80.0 Å². The zero-order chi connectivity index (χ0) is 14.0. The average Bonchev–Trinajstić information content (AvgIpc) is 2.36. The number of aliphatic imine (C=N–C) groups is 2. The Morgan fingerprint density at radius 1 is 1.20 bits per heavy atom. The van der Waals surface area contributed by atoms with Crippen molar-refractivity contribution in [1.29, 1.82) is 0 Å². The number of nitrogens with two attached hydrogens (primary N) is 2. The van der Waals surface area contributed by atoms with Gasteiger partial charge in [0.15, 0.2) is 0 Å². The van der Waals surface area contributed by atoms with Crippen LogP contribution in [0, 0.1) is 6.92 Å². The highest BCUT2D eigenvalue weighted by atomic mass is 35.5. The molecule has 20 heavy (non-hydrogen) atoms. The van der Waals surface area contributed by atoms with Crippen molar-refractivity contribution in [3.8, 4) is 0 Å². The van der Waals surface area contributed by atoms with Crippen LogP contribution in [0.3, 0.4) is 0 Å². The van der Waals surface area contributed by atoms with Crippen molar-refractivity contribution in [2.45, 2.75) is 39.4 Å². The van der Waals surface area contributed by atoms with E-state index in [0.29, 0.717) is 12.5 Å². The van der Waals surface area contributed by atoms with Crippen molar-refractivity contribution in [2.24, 2.45) is 21.5 Å². The SMILES string of the molecule is CCC1(C)N=C(N)N=C(N)N1Cc1ccc(C)cc1.Cl. The van der Waals surface area contributed by atoms with Gasteiger partial charge >= 0.3 is 0 Å². The Balaban J connectivity index is 0.00000200. The van der Waals surface area contributed by atoms with E-state index in [2.05, 4.69) is 48.1 Å². The summed E-state index contributed by atoms with van der Waals surface area (Å²) in [6, 6.07) is 8.38. The summed E-state index contributed by atoms with van der Waals surface area (Å²) in [6.07, 6.45) is 0.815. The molecular weight excluding hydrogens is 274 g/mol. The molecule has 1 atom stereocenters. The van der Waals surface area contributed by atoms with Crippen LogP contribution in [0.2, 0.25) is 0 Å². The van der Waals surface area contributed by atoms with E-state index in [4.69, 9.17) is 11.5 Å². The molecule has 1 aliphatic heterocycles. The van der Waals surface area contributed by atoms with Crippen LogP contribution in [-0.2, 0) is 6.54 Å². The summed E-state index contributed by atoms with van der Waals surface area (Å²) in [5, 5.41) is 0. The molecule has 1 heterocycles. The lowest BCUT2D eigenvalue weighted by Crippen LogP contribution is -2.54. The first-order valence-corrected chi connectivity index (χ1v) is 6.47. The molecule has 1 aromatic rings. The first-order valence-electron chi connectivity index (χ1n) is 6.47. The van der Waals surface area contributed by atoms with Crippen LogP contribution < -0.4 is 11.5 Å². The predicted molar refractivity (Wildman–Crippen MR) is 85.9 cm³/mol. The van der Waals surface area contributed by atoms with Gasteiger partial charge in [0.2, 0.25) is 11.9 Å². The molecule has 0 fully saturated rings. The Morgan fingerprint density at radius 3 is 2.35 bits per heavy atom. The van der Waals surface area contributed by atoms with Gasteiger partial charge in [-0.3, -0.25) is 0 Å². The van der Waals surface area contributed by atoms with Crippen molar-refractivity contribution in [2.75, 3.05) is 0 Å². The monoisotopic (exact) mass is 295 g/mol. The molecular formula is C14H22ClN5. The third-order valence-corrected chi connectivity index (χ3v) is 3.57. The number of rotatable bonds is 3. The highest BCUT2D eigenvalue weighted by Gasteiger charge is 2.34. The molecule has 1 unspecified atom stereocenters. The molecule has 0 radical (unpaired) electrons. The molecule has 1 aliphatic rings. The minimum atomic E-state index is -0.430. The second-order valence-electron chi connectivity index (χ2n) is 5.08. The van der Waals surface area contributed by atoms with Gasteiger partial charge in [-0.05, 0) is 25.8 Å². The van der Waals surface area contributed by atoms with Crippen LogP contribution in [0.1, 0.15) is 31.4 Å². The number of benzene rings is 1. The van der Waals surface area contributed by atoms with Crippen molar-refractivity contribution >= 4 is 24.3 Å². The highest BCUT2D eigenvalue weighted by Crippen LogP contribution is 2.25. The number of guanidine groups is 2. The van der Waals surface area contributed by atoms with E-state index < -0.39 is 5.66 Å². The number of hydrogen-bond acceptors (Lipinski definition) is 5. The molecule has 110 valence electrons. The lowest BCUT2D eigenvalue weighted by molar-refractivity contribution is 0.182. The van der Waals surface area contributed by atoms with Crippen LogP contribution in [0.4, 0.5) is 0 Å². The smallest absolute Gasteiger partial charge is 0.220 e. The fourth-order valence-electron chi connectivity index (χ4n) is 2.15. The largest absolute Gasteiger partial charge is 0.369 e. The Morgan fingerprint density at radius 2 is 1.80 bits per heavy atom. The van der Waals surface area contributed by atoms with E-state index in [1.807, 2.05) is 11.8 Å². The average molecular weight is 296 g/mol. The highest BCUT2D eigenvalue weighted by molar-refractivity contribution is 5.95. The predicted octanol–water partition coefficient (Wildman–Crippen LogP) is 1.99. The van der Waals surface area contributed by atoms with Crippen LogP contribution in [-0.4, -0.2) is 22.5 Å². The van der Waals surface area contributed by atoms with Gasteiger partial charge in [0.1, 0.15) is 5.66 Å². The summed E-state index contributed by atoms with van der Waals surface area (Å²) >= 11 is 0. The van der Waals surface area contributed by atoms with Crippen molar-refractivity contribution in [3.63, 3.8) is 0 Å². The third kappa shape index (κ3) is 3.22. The molecule has 5 nitrogen and oxygen atoms in total. The first-order chi connectivity index (χ1) is 8.94. The lowest BCUT2D eigenvalue weighted by atomic mass is 10.1. The number of nitrogens with zero attached hydrogens (tertiary/aromatic N) is 3. The van der Waals surface area contributed by atoms with Crippen LogP contribution in [0.15, 0.2) is 34.3 Å². The van der Waals surface area contributed by atoms with Gasteiger partial charge in [-0.1, -0.05) is 36.8 Å². The molecule has 1 aromatic carbocycles. The van der Waals surface area contributed by atoms with Gasteiger partial charge in [0, 0.05) is 6.54 Å². The van der Waals surface area contributed by atoms with Gasteiger partial charge in [-0.15, -0.1) is 12.4 Å². The van der Waals surface area contributed by atoms with Gasteiger partial charge in [-0.2, -0.15) is 4.99 Å². The molecule has 4 N–H and O–H groups in total. The summed E-state index contributed by atoms with van der Waals surface area (Å²) in [4.78, 5) is 10.5. The fourth-order valence-corrected chi connectivity index (χ4v) is 2.15. The van der Waals surface area contributed by atoms with Gasteiger partial charge in [0.25, 0.3) is 0 Å². The zero-order valence-corrected chi connectivity index (χ0v) is 12.9. The molecule has 0 aliphatic carbocycles. The summed E-state index contributed by atoms with van der Waals surface area (Å²) < 4.78 is 0. The summed E-state index contributed by atoms with van der Waals surface area (Å²) in [5.74, 6) is 0.680. The van der Waals surface area contributed by atoms with E-state index in [0.717, 1.165) is 6.42 Å². The summed E-state index contributed by atoms with van der Waals surface area (Å²) in [6.45, 7) is 6.84. The molecule has 0 bridgehead atoms. The van der Waals surface area contributed by atoms with Gasteiger partial charge in [0.05, 0.1) is 0 Å². The van der Waals surface area contributed by atoms with Crippen LogP contribution in [0.5, 0.6) is 0 Å². The normalized spacial score (nSPS) is 21.9. The van der Waals surface area contributed by atoms with E-state index in [9.17, 15) is 0 Å². The minimum absolute atomic E-state index is 0. The molecule has 0 aromatic heterocycles. The Hall–Kier alpha value is -1.75. The maximum Gasteiger partial charge on any atom is 0.220 e. The number of halogens is 1. The van der Waals surface area contributed by atoms with Gasteiger partial charge in [-0.25, -0.2) is 4.99 Å².